The lowest BCUT2D eigenvalue weighted by atomic mass is 10.1. The zero-order valence-corrected chi connectivity index (χ0v) is 20.7. The molecule has 7 heteroatoms. The topological polar surface area (TPSA) is 60.5 Å². The Kier molecular flexibility index (Phi) is 7.42. The molecular weight excluding hydrogens is 500 g/mol. The summed E-state index contributed by atoms with van der Waals surface area (Å²) in [6.45, 7) is 3.87. The minimum atomic E-state index is -0.268. The number of hydrogen-bond donors (Lipinski definition) is 1. The predicted octanol–water partition coefficient (Wildman–Crippen LogP) is 7.04. The summed E-state index contributed by atoms with van der Waals surface area (Å²) in [7, 11) is 0. The number of rotatable bonds is 8. The van der Waals surface area contributed by atoms with Crippen LogP contribution in [0.2, 0.25) is 0 Å². The zero-order chi connectivity index (χ0) is 23.2. The molecule has 3 aromatic carbocycles. The van der Waals surface area contributed by atoms with Crippen LogP contribution in [0.4, 0.5) is 5.13 Å². The molecule has 168 valence electrons. The van der Waals surface area contributed by atoms with Crippen molar-refractivity contribution in [1.82, 2.24) is 4.98 Å². The number of nitrogens with one attached hydrogen (secondary N) is 1. The van der Waals surface area contributed by atoms with E-state index in [-0.39, 0.29) is 18.6 Å². The van der Waals surface area contributed by atoms with E-state index in [1.807, 2.05) is 92.0 Å². The molecule has 0 aliphatic rings. The first-order valence-electron chi connectivity index (χ1n) is 10.5. The van der Waals surface area contributed by atoms with E-state index in [2.05, 4.69) is 26.2 Å². The maximum Gasteiger partial charge on any atom is 0.264 e. The third-order valence-corrected chi connectivity index (χ3v) is 6.05. The smallest absolute Gasteiger partial charge is 0.264 e. The molecule has 4 aromatic rings. The Morgan fingerprint density at radius 1 is 1.00 bits per heavy atom. The lowest BCUT2D eigenvalue weighted by molar-refractivity contribution is -0.118. The van der Waals surface area contributed by atoms with Gasteiger partial charge in [-0.15, -0.1) is 11.3 Å². The highest BCUT2D eigenvalue weighted by Crippen LogP contribution is 2.31. The molecule has 0 unspecified atom stereocenters. The summed E-state index contributed by atoms with van der Waals surface area (Å²) in [6, 6.07) is 23.6. The summed E-state index contributed by atoms with van der Waals surface area (Å²) < 4.78 is 12.2. The molecule has 4 rings (SSSR count). The number of nitrogens with zero attached hydrogens (tertiary/aromatic N) is 1. The van der Waals surface area contributed by atoms with Crippen molar-refractivity contribution in [2.75, 3.05) is 11.9 Å². The third kappa shape index (κ3) is 6.21. The fourth-order valence-electron chi connectivity index (χ4n) is 3.17. The molecule has 1 N–H and O–H groups in total. The lowest BCUT2D eigenvalue weighted by Crippen LogP contribution is -2.20. The quantitative estimate of drug-likeness (QED) is 0.269. The Balaban J connectivity index is 1.33. The summed E-state index contributed by atoms with van der Waals surface area (Å²) in [4.78, 5) is 16.9. The lowest BCUT2D eigenvalue weighted by Gasteiger charge is -2.10. The molecule has 0 aliphatic carbocycles. The molecule has 0 saturated heterocycles. The predicted molar refractivity (Wildman–Crippen MR) is 137 cm³/mol. The van der Waals surface area contributed by atoms with Crippen molar-refractivity contribution >= 4 is 38.3 Å². The molecule has 1 heterocycles. The van der Waals surface area contributed by atoms with Crippen molar-refractivity contribution in [3.8, 4) is 33.9 Å². The van der Waals surface area contributed by atoms with Crippen LogP contribution in [-0.4, -0.2) is 23.6 Å². The number of thiazole rings is 1. The van der Waals surface area contributed by atoms with Gasteiger partial charge in [-0.3, -0.25) is 10.1 Å². The molecular formula is C26H23BrN2O3S. The SMILES string of the molecule is CC(C)Oc1ccc(-c2csc(NC(=O)COc3ccc(-c4ccccc4)cc3Br)n2)cc1. The van der Waals surface area contributed by atoms with Crippen molar-refractivity contribution in [3.05, 3.63) is 82.6 Å². The first-order chi connectivity index (χ1) is 16.0. The maximum absolute atomic E-state index is 12.4. The van der Waals surface area contributed by atoms with E-state index in [4.69, 9.17) is 9.47 Å². The second-order valence-electron chi connectivity index (χ2n) is 7.58. The number of carbonyl (C=O) groups is 1. The molecule has 0 aliphatic heterocycles. The van der Waals surface area contributed by atoms with E-state index < -0.39 is 0 Å². The average molecular weight is 523 g/mol. The molecule has 0 fully saturated rings. The summed E-state index contributed by atoms with van der Waals surface area (Å²) in [6.07, 6.45) is 0.126. The van der Waals surface area contributed by atoms with Crippen LogP contribution in [0.15, 0.2) is 82.6 Å². The second kappa shape index (κ2) is 10.6. The van der Waals surface area contributed by atoms with Gasteiger partial charge in [0.2, 0.25) is 0 Å². The van der Waals surface area contributed by atoms with Crippen LogP contribution in [0.5, 0.6) is 11.5 Å². The fourth-order valence-corrected chi connectivity index (χ4v) is 4.40. The minimum absolute atomic E-state index is 0.112. The van der Waals surface area contributed by atoms with Crippen LogP contribution in [0.1, 0.15) is 13.8 Å². The van der Waals surface area contributed by atoms with Crippen LogP contribution in [0, 0.1) is 0 Å². The van der Waals surface area contributed by atoms with Gasteiger partial charge in [-0.05, 0) is 77.3 Å². The van der Waals surface area contributed by atoms with Crippen LogP contribution in [0.25, 0.3) is 22.4 Å². The van der Waals surface area contributed by atoms with E-state index in [1.165, 1.54) is 11.3 Å². The van der Waals surface area contributed by atoms with Gasteiger partial charge in [0.25, 0.3) is 5.91 Å². The molecule has 0 bridgehead atoms. The monoisotopic (exact) mass is 522 g/mol. The van der Waals surface area contributed by atoms with Gasteiger partial charge in [0.05, 0.1) is 16.3 Å². The molecule has 0 spiro atoms. The maximum atomic E-state index is 12.4. The van der Waals surface area contributed by atoms with Crippen LogP contribution in [0.3, 0.4) is 0 Å². The van der Waals surface area contributed by atoms with Gasteiger partial charge >= 0.3 is 0 Å². The van der Waals surface area contributed by atoms with Gasteiger partial charge in [0, 0.05) is 10.9 Å². The van der Waals surface area contributed by atoms with E-state index in [1.54, 1.807) is 0 Å². The van der Waals surface area contributed by atoms with Gasteiger partial charge in [0.15, 0.2) is 11.7 Å². The molecule has 1 aromatic heterocycles. The van der Waals surface area contributed by atoms with Gasteiger partial charge < -0.3 is 9.47 Å². The Morgan fingerprint density at radius 2 is 1.73 bits per heavy atom. The van der Waals surface area contributed by atoms with Crippen molar-refractivity contribution in [2.45, 2.75) is 20.0 Å². The van der Waals surface area contributed by atoms with E-state index in [0.717, 1.165) is 32.6 Å². The highest BCUT2D eigenvalue weighted by Gasteiger charge is 2.11. The first kappa shape index (κ1) is 23.0. The molecule has 0 radical (unpaired) electrons. The number of amides is 1. The van der Waals surface area contributed by atoms with Gasteiger partial charge in [-0.25, -0.2) is 4.98 Å². The largest absolute Gasteiger partial charge is 0.491 e. The highest BCUT2D eigenvalue weighted by atomic mass is 79.9. The summed E-state index contributed by atoms with van der Waals surface area (Å²) >= 11 is 4.91. The Hall–Kier alpha value is -3.16. The van der Waals surface area contributed by atoms with Crippen molar-refractivity contribution in [1.29, 1.82) is 0 Å². The van der Waals surface area contributed by atoms with E-state index >= 15 is 0 Å². The van der Waals surface area contributed by atoms with Crippen molar-refractivity contribution < 1.29 is 14.3 Å². The van der Waals surface area contributed by atoms with Gasteiger partial charge in [-0.1, -0.05) is 36.4 Å². The van der Waals surface area contributed by atoms with Gasteiger partial charge in [0.1, 0.15) is 11.5 Å². The molecule has 33 heavy (non-hydrogen) atoms. The molecule has 0 atom stereocenters. The number of halogens is 1. The number of anilines is 1. The van der Waals surface area contributed by atoms with Crippen LogP contribution in [-0.2, 0) is 4.79 Å². The van der Waals surface area contributed by atoms with Crippen LogP contribution >= 0.6 is 27.3 Å². The standard InChI is InChI=1S/C26H23BrN2O3S/c1-17(2)32-21-11-8-19(9-12-21)23-16-33-26(28-23)29-25(30)15-31-24-13-10-20(14-22(24)27)18-6-4-3-5-7-18/h3-14,16-17H,15H2,1-2H3,(H,28,29,30). The minimum Gasteiger partial charge on any atom is -0.491 e. The number of hydrogen-bond acceptors (Lipinski definition) is 5. The van der Waals surface area contributed by atoms with E-state index in [0.29, 0.717) is 10.9 Å². The molecule has 5 nitrogen and oxygen atoms in total. The van der Waals surface area contributed by atoms with E-state index in [9.17, 15) is 4.79 Å². The third-order valence-electron chi connectivity index (χ3n) is 4.67. The number of ether oxygens (including phenoxy) is 2. The average Bonchev–Trinajstić information content (AvgIpc) is 3.27. The molecule has 1 amide bonds. The van der Waals surface area contributed by atoms with Gasteiger partial charge in [-0.2, -0.15) is 0 Å². The second-order valence-corrected chi connectivity index (χ2v) is 9.29. The summed E-state index contributed by atoms with van der Waals surface area (Å²) in [5, 5.41) is 5.24. The Bertz CT molecular complexity index is 1220. The normalized spacial score (nSPS) is 10.8. The Labute approximate surface area is 205 Å². The number of aromatic nitrogens is 1. The van der Waals surface area contributed by atoms with Crippen molar-refractivity contribution in [3.63, 3.8) is 0 Å². The summed E-state index contributed by atoms with van der Waals surface area (Å²) in [5.41, 5.74) is 3.94. The molecule has 0 saturated carbocycles. The van der Waals surface area contributed by atoms with Crippen molar-refractivity contribution in [2.24, 2.45) is 0 Å². The number of carbonyl (C=O) groups excluding carboxylic acids is 1. The first-order valence-corrected chi connectivity index (χ1v) is 12.2. The zero-order valence-electron chi connectivity index (χ0n) is 18.2. The summed E-state index contributed by atoms with van der Waals surface area (Å²) in [5.74, 6) is 1.15. The Morgan fingerprint density at radius 3 is 2.42 bits per heavy atom. The highest BCUT2D eigenvalue weighted by molar-refractivity contribution is 9.10. The fraction of sp³-hybridized carbons (Fsp3) is 0.154. The number of benzene rings is 3. The van der Waals surface area contributed by atoms with Crippen LogP contribution < -0.4 is 14.8 Å².